The van der Waals surface area contributed by atoms with Crippen molar-refractivity contribution in [1.82, 2.24) is 4.90 Å². The number of fused-ring (bicyclic) bond motifs is 1. The van der Waals surface area contributed by atoms with Crippen LogP contribution in [0.5, 0.6) is 11.5 Å². The molecule has 1 aromatic rings. The Bertz CT molecular complexity index is 467. The summed E-state index contributed by atoms with van der Waals surface area (Å²) < 4.78 is 11.6. The smallest absolute Gasteiger partial charge is 0.222 e. The Hall–Kier alpha value is -1.42. The van der Waals surface area contributed by atoms with Gasteiger partial charge in [-0.05, 0) is 31.9 Å². The third kappa shape index (κ3) is 4.53. The normalized spacial score (nSPS) is 16.6. The van der Waals surface area contributed by atoms with Crippen LogP contribution >= 0.6 is 11.6 Å². The number of carbonyl (C=O) groups excluding carboxylic acids is 1. The van der Waals surface area contributed by atoms with Crippen LogP contribution < -0.4 is 9.47 Å². The van der Waals surface area contributed by atoms with E-state index in [2.05, 4.69) is 0 Å². The summed E-state index contributed by atoms with van der Waals surface area (Å²) in [7, 11) is 0. The van der Waals surface area contributed by atoms with E-state index in [0.717, 1.165) is 24.3 Å². The van der Waals surface area contributed by atoms with Crippen molar-refractivity contribution in [3.8, 4) is 11.5 Å². The Kier molecular flexibility index (Phi) is 6.18. The van der Waals surface area contributed by atoms with E-state index in [0.29, 0.717) is 32.0 Å². The second-order valence-corrected chi connectivity index (χ2v) is 5.45. The minimum atomic E-state index is -0.114. The molecular formula is C16H22ClNO3. The topological polar surface area (TPSA) is 38.8 Å². The Morgan fingerprint density at radius 1 is 1.33 bits per heavy atom. The van der Waals surface area contributed by atoms with Gasteiger partial charge in [0.25, 0.3) is 0 Å². The number of carbonyl (C=O) groups is 1. The lowest BCUT2D eigenvalue weighted by Gasteiger charge is -2.31. The van der Waals surface area contributed by atoms with Crippen molar-refractivity contribution in [1.29, 1.82) is 0 Å². The minimum Gasteiger partial charge on any atom is -0.486 e. The van der Waals surface area contributed by atoms with Gasteiger partial charge in [0.1, 0.15) is 6.61 Å². The predicted octanol–water partition coefficient (Wildman–Crippen LogP) is 3.08. The van der Waals surface area contributed by atoms with Crippen molar-refractivity contribution >= 4 is 17.5 Å². The summed E-state index contributed by atoms with van der Waals surface area (Å²) in [5.74, 6) is 2.28. The van der Waals surface area contributed by atoms with Gasteiger partial charge in [0.05, 0.1) is 6.54 Å². The highest BCUT2D eigenvalue weighted by Crippen LogP contribution is 2.31. The molecule has 0 aromatic heterocycles. The average molecular weight is 312 g/mol. The number of rotatable bonds is 7. The number of likely N-dealkylation sites (N-methyl/N-ethyl adjacent to an activating group) is 1. The van der Waals surface area contributed by atoms with E-state index in [-0.39, 0.29) is 12.0 Å². The zero-order chi connectivity index (χ0) is 15.1. The number of benzene rings is 1. The highest BCUT2D eigenvalue weighted by atomic mass is 35.5. The maximum Gasteiger partial charge on any atom is 0.222 e. The lowest BCUT2D eigenvalue weighted by Crippen LogP contribution is -2.43. The van der Waals surface area contributed by atoms with E-state index in [9.17, 15) is 4.79 Å². The minimum absolute atomic E-state index is 0.114. The van der Waals surface area contributed by atoms with Crippen LogP contribution in [-0.4, -0.2) is 42.5 Å². The second-order valence-electron chi connectivity index (χ2n) is 5.08. The molecule has 1 aromatic carbocycles. The fourth-order valence-corrected chi connectivity index (χ4v) is 2.52. The van der Waals surface area contributed by atoms with Gasteiger partial charge < -0.3 is 14.4 Å². The van der Waals surface area contributed by atoms with Crippen molar-refractivity contribution in [2.45, 2.75) is 32.3 Å². The molecule has 0 radical (unpaired) electrons. The number of amides is 1. The number of hydrogen-bond donors (Lipinski definition) is 0. The number of halogens is 1. The molecule has 1 aliphatic rings. The van der Waals surface area contributed by atoms with Crippen LogP contribution in [0.4, 0.5) is 0 Å². The summed E-state index contributed by atoms with van der Waals surface area (Å²) in [6.45, 7) is 3.70. The van der Waals surface area contributed by atoms with Crippen LogP contribution in [0.3, 0.4) is 0 Å². The van der Waals surface area contributed by atoms with Crippen LogP contribution in [0.15, 0.2) is 24.3 Å². The molecule has 0 N–H and O–H groups in total. The second kappa shape index (κ2) is 8.13. The van der Waals surface area contributed by atoms with Gasteiger partial charge in [-0.3, -0.25) is 4.79 Å². The molecule has 5 heteroatoms. The predicted molar refractivity (Wildman–Crippen MR) is 83.2 cm³/mol. The fraction of sp³-hybridized carbons (Fsp3) is 0.562. The number of nitrogens with zero attached hydrogens (tertiary/aromatic N) is 1. The lowest BCUT2D eigenvalue weighted by molar-refractivity contribution is -0.132. The van der Waals surface area contributed by atoms with Crippen molar-refractivity contribution in [3.05, 3.63) is 24.3 Å². The number of unbranched alkanes of at least 4 members (excludes halogenated alkanes) is 1. The van der Waals surface area contributed by atoms with Crippen LogP contribution in [-0.2, 0) is 4.79 Å². The van der Waals surface area contributed by atoms with Crippen molar-refractivity contribution in [3.63, 3.8) is 0 Å². The number of ether oxygens (including phenoxy) is 2. The fourth-order valence-electron chi connectivity index (χ4n) is 2.33. The quantitative estimate of drug-likeness (QED) is 0.574. The van der Waals surface area contributed by atoms with E-state index in [1.54, 1.807) is 0 Å². The molecule has 0 saturated heterocycles. The molecule has 0 aliphatic carbocycles. The van der Waals surface area contributed by atoms with Gasteiger partial charge >= 0.3 is 0 Å². The maximum atomic E-state index is 12.2. The number of hydrogen-bond acceptors (Lipinski definition) is 3. The van der Waals surface area contributed by atoms with E-state index < -0.39 is 0 Å². The van der Waals surface area contributed by atoms with Gasteiger partial charge in [-0.25, -0.2) is 0 Å². The molecule has 21 heavy (non-hydrogen) atoms. The Labute approximate surface area is 131 Å². The summed E-state index contributed by atoms with van der Waals surface area (Å²) in [4.78, 5) is 14.0. The van der Waals surface area contributed by atoms with Gasteiger partial charge in [-0.1, -0.05) is 12.1 Å². The Morgan fingerprint density at radius 2 is 2.10 bits per heavy atom. The van der Waals surface area contributed by atoms with Crippen molar-refractivity contribution in [2.75, 3.05) is 25.6 Å². The molecule has 0 fully saturated rings. The SMILES string of the molecule is CCN(CC1COc2ccccc2O1)C(=O)CCCCCl. The molecule has 1 unspecified atom stereocenters. The van der Waals surface area contributed by atoms with Gasteiger partial charge in [-0.15, -0.1) is 11.6 Å². The Balaban J connectivity index is 1.86. The first-order valence-corrected chi connectivity index (χ1v) is 8.00. The van der Waals surface area contributed by atoms with Gasteiger partial charge in [0.2, 0.25) is 5.91 Å². The Morgan fingerprint density at radius 3 is 2.81 bits per heavy atom. The average Bonchev–Trinajstić information content (AvgIpc) is 2.52. The molecule has 0 spiro atoms. The lowest BCUT2D eigenvalue weighted by atomic mass is 10.2. The van der Waals surface area contributed by atoms with Crippen LogP contribution in [0.1, 0.15) is 26.2 Å². The number of alkyl halides is 1. The molecule has 116 valence electrons. The molecule has 1 aliphatic heterocycles. The van der Waals surface area contributed by atoms with Gasteiger partial charge in [-0.2, -0.15) is 0 Å². The summed E-state index contributed by atoms with van der Waals surface area (Å²) in [5, 5.41) is 0. The standard InChI is InChI=1S/C16H22ClNO3/c1-2-18(16(19)9-5-6-10-17)11-13-12-20-14-7-3-4-8-15(14)21-13/h3-4,7-8,13H,2,5-6,9-12H2,1H3. The molecule has 1 atom stereocenters. The molecule has 0 bridgehead atoms. The summed E-state index contributed by atoms with van der Waals surface area (Å²) in [6.07, 6.45) is 2.15. The van der Waals surface area contributed by atoms with Crippen LogP contribution in [0.2, 0.25) is 0 Å². The summed E-state index contributed by atoms with van der Waals surface area (Å²) in [5.41, 5.74) is 0. The van der Waals surface area contributed by atoms with Gasteiger partial charge in [0.15, 0.2) is 17.6 Å². The van der Waals surface area contributed by atoms with Crippen molar-refractivity contribution < 1.29 is 14.3 Å². The molecule has 2 rings (SSSR count). The molecule has 1 amide bonds. The highest BCUT2D eigenvalue weighted by Gasteiger charge is 2.24. The first-order chi connectivity index (χ1) is 10.2. The first-order valence-electron chi connectivity index (χ1n) is 7.46. The van der Waals surface area contributed by atoms with E-state index in [4.69, 9.17) is 21.1 Å². The largest absolute Gasteiger partial charge is 0.486 e. The zero-order valence-electron chi connectivity index (χ0n) is 12.4. The highest BCUT2D eigenvalue weighted by molar-refractivity contribution is 6.17. The summed E-state index contributed by atoms with van der Waals surface area (Å²) >= 11 is 5.64. The third-order valence-corrected chi connectivity index (χ3v) is 3.77. The molecular weight excluding hydrogens is 290 g/mol. The van der Waals surface area contributed by atoms with Crippen molar-refractivity contribution in [2.24, 2.45) is 0 Å². The molecule has 4 nitrogen and oxygen atoms in total. The first kappa shape index (κ1) is 16.0. The van der Waals surface area contributed by atoms with E-state index >= 15 is 0 Å². The number of para-hydroxylation sites is 2. The van der Waals surface area contributed by atoms with Crippen LogP contribution in [0, 0.1) is 0 Å². The maximum absolute atomic E-state index is 12.2. The monoisotopic (exact) mass is 311 g/mol. The third-order valence-electron chi connectivity index (χ3n) is 3.50. The van der Waals surface area contributed by atoms with Gasteiger partial charge in [0, 0.05) is 18.8 Å². The molecule has 1 heterocycles. The van der Waals surface area contributed by atoms with E-state index in [1.807, 2.05) is 36.1 Å². The summed E-state index contributed by atoms with van der Waals surface area (Å²) in [6, 6.07) is 7.61. The van der Waals surface area contributed by atoms with Crippen LogP contribution in [0.25, 0.3) is 0 Å². The zero-order valence-corrected chi connectivity index (χ0v) is 13.1. The molecule has 0 saturated carbocycles. The van der Waals surface area contributed by atoms with E-state index in [1.165, 1.54) is 0 Å².